The van der Waals surface area contributed by atoms with Crippen LogP contribution in [0.25, 0.3) is 0 Å². The van der Waals surface area contributed by atoms with Crippen LogP contribution in [-0.4, -0.2) is 23.3 Å². The van der Waals surface area contributed by atoms with Crippen molar-refractivity contribution >= 4 is 41.9 Å². The van der Waals surface area contributed by atoms with Crippen molar-refractivity contribution in [2.75, 3.05) is 13.1 Å². The minimum Gasteiger partial charge on any atom is -0.316 e. The molecule has 1 unspecified atom stereocenters. The summed E-state index contributed by atoms with van der Waals surface area (Å²) in [6.45, 7) is 2.34. The molecule has 0 radical (unpaired) electrons. The van der Waals surface area contributed by atoms with Crippen molar-refractivity contribution in [2.24, 2.45) is 0 Å². The van der Waals surface area contributed by atoms with Gasteiger partial charge in [0.2, 0.25) is 0 Å². The molecular formula is C10H13IN2S2. The highest BCUT2D eigenvalue weighted by molar-refractivity contribution is 14.2. The third kappa shape index (κ3) is 3.51. The second-order valence-electron chi connectivity index (χ2n) is 3.49. The Bertz CT molecular complexity index is 316. The van der Waals surface area contributed by atoms with Crippen molar-refractivity contribution < 1.29 is 0 Å². The van der Waals surface area contributed by atoms with E-state index in [1.165, 1.54) is 23.4 Å². The van der Waals surface area contributed by atoms with Crippen molar-refractivity contribution in [2.45, 2.75) is 22.3 Å². The molecule has 2 nitrogen and oxygen atoms in total. The van der Waals surface area contributed by atoms with Crippen molar-refractivity contribution in [3.05, 3.63) is 24.0 Å². The molecule has 1 aromatic heterocycles. The molecule has 0 saturated carbocycles. The van der Waals surface area contributed by atoms with E-state index in [4.69, 9.17) is 0 Å². The predicted molar refractivity (Wildman–Crippen MR) is 76.7 cm³/mol. The van der Waals surface area contributed by atoms with E-state index < -0.39 is 0 Å². The molecule has 1 atom stereocenters. The first kappa shape index (κ1) is 12.0. The van der Waals surface area contributed by atoms with E-state index in [0.717, 1.165) is 17.5 Å². The Morgan fingerprint density at radius 3 is 3.27 bits per heavy atom. The van der Waals surface area contributed by atoms with Gasteiger partial charge in [-0.15, -0.1) is 0 Å². The Balaban J connectivity index is 1.91. The zero-order chi connectivity index (χ0) is 10.5. The van der Waals surface area contributed by atoms with Gasteiger partial charge >= 0.3 is 0 Å². The maximum absolute atomic E-state index is 4.19. The standard InChI is InChI=1S/C10H13IN2S2/c11-15-10-2-4-12-5-8(10)7-14-9-1-3-13-6-9/h2,4-5,9,13H,1,3,6-7H2. The molecule has 0 spiro atoms. The average molecular weight is 352 g/mol. The van der Waals surface area contributed by atoms with Gasteiger partial charge in [-0.05, 0) is 24.6 Å². The summed E-state index contributed by atoms with van der Waals surface area (Å²) in [7, 11) is 1.78. The van der Waals surface area contributed by atoms with Gasteiger partial charge in [0.05, 0.1) is 0 Å². The summed E-state index contributed by atoms with van der Waals surface area (Å²) in [5, 5.41) is 4.18. The average Bonchev–Trinajstić information content (AvgIpc) is 2.79. The molecule has 1 fully saturated rings. The number of thioether (sulfide) groups is 1. The lowest BCUT2D eigenvalue weighted by Gasteiger charge is -2.09. The molecule has 1 aliphatic rings. The van der Waals surface area contributed by atoms with E-state index in [2.05, 4.69) is 37.6 Å². The van der Waals surface area contributed by atoms with Crippen LogP contribution in [0.15, 0.2) is 23.4 Å². The Morgan fingerprint density at radius 2 is 2.53 bits per heavy atom. The number of halogens is 1. The molecule has 2 rings (SSSR count). The molecule has 1 aromatic rings. The van der Waals surface area contributed by atoms with Crippen LogP contribution in [-0.2, 0) is 5.75 Å². The summed E-state index contributed by atoms with van der Waals surface area (Å²) < 4.78 is 0. The monoisotopic (exact) mass is 352 g/mol. The first-order valence-electron chi connectivity index (χ1n) is 4.94. The van der Waals surface area contributed by atoms with E-state index in [0.29, 0.717) is 0 Å². The number of rotatable bonds is 4. The van der Waals surface area contributed by atoms with Crippen LogP contribution < -0.4 is 5.32 Å². The van der Waals surface area contributed by atoms with Crippen LogP contribution in [0.4, 0.5) is 0 Å². The smallest absolute Gasteiger partial charge is 0.0319 e. The third-order valence-corrected chi connectivity index (χ3v) is 5.77. The quantitative estimate of drug-likeness (QED) is 0.842. The number of aromatic nitrogens is 1. The number of hydrogen-bond acceptors (Lipinski definition) is 4. The summed E-state index contributed by atoms with van der Waals surface area (Å²) in [4.78, 5) is 5.54. The van der Waals surface area contributed by atoms with E-state index in [1.54, 1.807) is 8.93 Å². The molecule has 15 heavy (non-hydrogen) atoms. The normalized spacial score (nSPS) is 20.7. The first-order valence-corrected chi connectivity index (χ1v) is 9.35. The summed E-state index contributed by atoms with van der Waals surface area (Å²) in [5.74, 6) is 1.09. The summed E-state index contributed by atoms with van der Waals surface area (Å²) in [6.07, 6.45) is 5.17. The summed E-state index contributed by atoms with van der Waals surface area (Å²) in [5.41, 5.74) is 1.37. The number of pyridine rings is 1. The van der Waals surface area contributed by atoms with Crippen LogP contribution in [0.1, 0.15) is 12.0 Å². The zero-order valence-electron chi connectivity index (χ0n) is 8.28. The molecule has 82 valence electrons. The van der Waals surface area contributed by atoms with E-state index in [9.17, 15) is 0 Å². The zero-order valence-corrected chi connectivity index (χ0v) is 12.1. The largest absolute Gasteiger partial charge is 0.316 e. The van der Waals surface area contributed by atoms with E-state index in [-0.39, 0.29) is 0 Å². The molecule has 2 heterocycles. The van der Waals surface area contributed by atoms with Crippen LogP contribution >= 0.6 is 41.9 Å². The fourth-order valence-corrected chi connectivity index (χ4v) is 4.46. The van der Waals surface area contributed by atoms with Crippen LogP contribution in [0, 0.1) is 0 Å². The van der Waals surface area contributed by atoms with Crippen LogP contribution in [0.2, 0.25) is 0 Å². The lowest BCUT2D eigenvalue weighted by molar-refractivity contribution is 0.858. The third-order valence-electron chi connectivity index (χ3n) is 2.43. The van der Waals surface area contributed by atoms with Crippen LogP contribution in [0.5, 0.6) is 0 Å². The number of nitrogens with zero attached hydrogens (tertiary/aromatic N) is 1. The minimum atomic E-state index is 0.789. The Morgan fingerprint density at radius 1 is 1.60 bits per heavy atom. The van der Waals surface area contributed by atoms with Gasteiger partial charge in [-0.25, -0.2) is 0 Å². The lowest BCUT2D eigenvalue weighted by atomic mass is 10.3. The Kier molecular flexibility index (Phi) is 5.06. The van der Waals surface area contributed by atoms with Crippen molar-refractivity contribution in [1.82, 2.24) is 10.3 Å². The molecule has 0 aromatic carbocycles. The van der Waals surface area contributed by atoms with Gasteiger partial charge in [0, 0.05) is 56.0 Å². The summed E-state index contributed by atoms with van der Waals surface area (Å²) in [6, 6.07) is 2.10. The molecule has 1 aliphatic heterocycles. The molecule has 5 heteroatoms. The molecule has 1 saturated heterocycles. The summed E-state index contributed by atoms with van der Waals surface area (Å²) >= 11 is 4.38. The van der Waals surface area contributed by atoms with Crippen molar-refractivity contribution in [3.8, 4) is 0 Å². The van der Waals surface area contributed by atoms with E-state index in [1.807, 2.05) is 24.2 Å². The molecule has 0 bridgehead atoms. The minimum absolute atomic E-state index is 0.789. The second kappa shape index (κ2) is 6.32. The topological polar surface area (TPSA) is 24.9 Å². The van der Waals surface area contributed by atoms with Gasteiger partial charge in [0.25, 0.3) is 0 Å². The van der Waals surface area contributed by atoms with E-state index >= 15 is 0 Å². The number of hydrogen-bond donors (Lipinski definition) is 1. The molecule has 0 amide bonds. The van der Waals surface area contributed by atoms with Gasteiger partial charge in [0.1, 0.15) is 0 Å². The predicted octanol–water partition coefficient (Wildman–Crippen LogP) is 3.12. The van der Waals surface area contributed by atoms with Crippen molar-refractivity contribution in [3.63, 3.8) is 0 Å². The van der Waals surface area contributed by atoms with Gasteiger partial charge in [-0.2, -0.15) is 11.8 Å². The highest BCUT2D eigenvalue weighted by atomic mass is 127. The first-order chi connectivity index (χ1) is 7.40. The second-order valence-corrected chi connectivity index (χ2v) is 6.69. The maximum atomic E-state index is 4.19. The fraction of sp³-hybridized carbons (Fsp3) is 0.500. The van der Waals surface area contributed by atoms with Gasteiger partial charge in [0.15, 0.2) is 0 Å². The molecule has 1 N–H and O–H groups in total. The van der Waals surface area contributed by atoms with Gasteiger partial charge in [-0.3, -0.25) is 4.98 Å². The van der Waals surface area contributed by atoms with Gasteiger partial charge < -0.3 is 5.32 Å². The SMILES string of the molecule is ISc1ccncc1CSC1CCNC1. The lowest BCUT2D eigenvalue weighted by Crippen LogP contribution is -2.10. The van der Waals surface area contributed by atoms with Crippen molar-refractivity contribution in [1.29, 1.82) is 0 Å². The fourth-order valence-electron chi connectivity index (χ4n) is 1.58. The molecular weight excluding hydrogens is 339 g/mol. The number of nitrogens with one attached hydrogen (secondary N) is 1. The highest BCUT2D eigenvalue weighted by Gasteiger charge is 2.15. The Hall–Kier alpha value is 0.540. The highest BCUT2D eigenvalue weighted by Crippen LogP contribution is 2.31. The Labute approximate surface area is 111 Å². The van der Waals surface area contributed by atoms with Crippen LogP contribution in [0.3, 0.4) is 0 Å². The van der Waals surface area contributed by atoms with Gasteiger partial charge in [-0.1, -0.05) is 8.93 Å². The molecule has 0 aliphatic carbocycles. The maximum Gasteiger partial charge on any atom is 0.0319 e.